The highest BCUT2D eigenvalue weighted by Gasteiger charge is 2.36. The SMILES string of the molecule is CCOc1ccccc1N1C[C@H](C(=O)NCCc2ccc(S(N)(=O)=O)cc2)CC1=O. The fourth-order valence-corrected chi connectivity index (χ4v) is 3.91. The number of carbonyl (C=O) groups excluding carboxylic acids is 2. The number of hydrogen-bond acceptors (Lipinski definition) is 5. The Hall–Kier alpha value is -2.91. The smallest absolute Gasteiger partial charge is 0.238 e. The summed E-state index contributed by atoms with van der Waals surface area (Å²) in [7, 11) is -3.72. The van der Waals surface area contributed by atoms with E-state index in [1.165, 1.54) is 12.1 Å². The third-order valence-electron chi connectivity index (χ3n) is 4.92. The van der Waals surface area contributed by atoms with Gasteiger partial charge in [-0.3, -0.25) is 9.59 Å². The Kier molecular flexibility index (Phi) is 6.73. The van der Waals surface area contributed by atoms with E-state index in [0.717, 1.165) is 5.56 Å². The van der Waals surface area contributed by atoms with Gasteiger partial charge < -0.3 is 15.0 Å². The fourth-order valence-electron chi connectivity index (χ4n) is 3.39. The molecule has 1 fully saturated rings. The minimum atomic E-state index is -3.72. The number of nitrogens with two attached hydrogens (primary N) is 1. The molecule has 0 saturated carbocycles. The first-order chi connectivity index (χ1) is 14.3. The summed E-state index contributed by atoms with van der Waals surface area (Å²) in [5.74, 6) is -0.101. The van der Waals surface area contributed by atoms with Crippen molar-refractivity contribution in [3.05, 3.63) is 54.1 Å². The molecule has 2 aromatic rings. The van der Waals surface area contributed by atoms with Crippen LogP contribution in [0.2, 0.25) is 0 Å². The normalized spacial score (nSPS) is 16.5. The van der Waals surface area contributed by atoms with Crippen LogP contribution in [0.15, 0.2) is 53.4 Å². The third-order valence-corrected chi connectivity index (χ3v) is 5.85. The van der Waals surface area contributed by atoms with E-state index >= 15 is 0 Å². The predicted molar refractivity (Wildman–Crippen MR) is 113 cm³/mol. The van der Waals surface area contributed by atoms with Crippen LogP contribution in [0, 0.1) is 5.92 Å². The molecule has 0 radical (unpaired) electrons. The van der Waals surface area contributed by atoms with Crippen LogP contribution in [0.1, 0.15) is 18.9 Å². The van der Waals surface area contributed by atoms with Crippen molar-refractivity contribution in [3.63, 3.8) is 0 Å². The number of hydrogen-bond donors (Lipinski definition) is 2. The highest BCUT2D eigenvalue weighted by atomic mass is 32.2. The molecular weight excluding hydrogens is 406 g/mol. The number of carbonyl (C=O) groups is 2. The lowest BCUT2D eigenvalue weighted by atomic mass is 10.1. The summed E-state index contributed by atoms with van der Waals surface area (Å²) in [4.78, 5) is 26.7. The number of primary sulfonamides is 1. The first-order valence-corrected chi connectivity index (χ1v) is 11.3. The van der Waals surface area contributed by atoms with Crippen molar-refractivity contribution in [2.75, 3.05) is 24.6 Å². The van der Waals surface area contributed by atoms with Gasteiger partial charge >= 0.3 is 0 Å². The largest absolute Gasteiger partial charge is 0.492 e. The number of ether oxygens (including phenoxy) is 1. The second-order valence-corrected chi connectivity index (χ2v) is 8.60. The van der Waals surface area contributed by atoms with Crippen molar-refractivity contribution in [2.45, 2.75) is 24.7 Å². The van der Waals surface area contributed by atoms with E-state index in [9.17, 15) is 18.0 Å². The van der Waals surface area contributed by atoms with Gasteiger partial charge in [0, 0.05) is 19.5 Å². The zero-order valence-electron chi connectivity index (χ0n) is 16.7. The van der Waals surface area contributed by atoms with Crippen LogP contribution in [0.3, 0.4) is 0 Å². The van der Waals surface area contributed by atoms with Gasteiger partial charge in [0.2, 0.25) is 21.8 Å². The van der Waals surface area contributed by atoms with Crippen molar-refractivity contribution < 1.29 is 22.7 Å². The lowest BCUT2D eigenvalue weighted by Gasteiger charge is -2.20. The number of anilines is 1. The Labute approximate surface area is 176 Å². The van der Waals surface area contributed by atoms with Crippen LogP contribution < -0.4 is 20.1 Å². The lowest BCUT2D eigenvalue weighted by molar-refractivity contribution is -0.126. The number of amides is 2. The van der Waals surface area contributed by atoms with E-state index in [1.807, 2.05) is 25.1 Å². The molecule has 0 aromatic heterocycles. The molecule has 1 atom stereocenters. The van der Waals surface area contributed by atoms with Crippen molar-refractivity contribution in [1.82, 2.24) is 5.32 Å². The zero-order valence-corrected chi connectivity index (χ0v) is 17.5. The van der Waals surface area contributed by atoms with Gasteiger partial charge in [0.15, 0.2) is 0 Å². The highest BCUT2D eigenvalue weighted by molar-refractivity contribution is 7.89. The summed E-state index contributed by atoms with van der Waals surface area (Å²) in [5.41, 5.74) is 1.55. The number of nitrogens with one attached hydrogen (secondary N) is 1. The van der Waals surface area contributed by atoms with Crippen molar-refractivity contribution >= 4 is 27.5 Å². The molecule has 2 amide bonds. The van der Waals surface area contributed by atoms with Crippen LogP contribution in [-0.2, 0) is 26.0 Å². The maximum atomic E-state index is 12.5. The van der Waals surface area contributed by atoms with Gasteiger partial charge in [-0.15, -0.1) is 0 Å². The summed E-state index contributed by atoms with van der Waals surface area (Å²) in [5, 5.41) is 7.94. The maximum Gasteiger partial charge on any atom is 0.238 e. The molecular formula is C21H25N3O5S. The summed E-state index contributed by atoms with van der Waals surface area (Å²) >= 11 is 0. The minimum Gasteiger partial charge on any atom is -0.492 e. The predicted octanol–water partition coefficient (Wildman–Crippen LogP) is 1.44. The van der Waals surface area contributed by atoms with Crippen LogP contribution >= 0.6 is 0 Å². The van der Waals surface area contributed by atoms with Gasteiger partial charge in [0.05, 0.1) is 23.1 Å². The molecule has 9 heteroatoms. The monoisotopic (exact) mass is 431 g/mol. The van der Waals surface area contributed by atoms with Crippen molar-refractivity contribution in [2.24, 2.45) is 11.1 Å². The Morgan fingerprint density at radius 3 is 2.57 bits per heavy atom. The van der Waals surface area contributed by atoms with Gasteiger partial charge in [-0.1, -0.05) is 24.3 Å². The quantitative estimate of drug-likeness (QED) is 0.656. The van der Waals surface area contributed by atoms with E-state index in [-0.39, 0.29) is 23.1 Å². The van der Waals surface area contributed by atoms with E-state index < -0.39 is 15.9 Å². The molecule has 8 nitrogen and oxygen atoms in total. The second kappa shape index (κ2) is 9.27. The van der Waals surface area contributed by atoms with Gasteiger partial charge in [-0.2, -0.15) is 0 Å². The summed E-state index contributed by atoms with van der Waals surface area (Å²) in [6.07, 6.45) is 0.684. The third kappa shape index (κ3) is 5.17. The first-order valence-electron chi connectivity index (χ1n) is 9.71. The average molecular weight is 432 g/mol. The first kappa shape index (κ1) is 21.8. The van der Waals surface area contributed by atoms with Crippen molar-refractivity contribution in [1.29, 1.82) is 0 Å². The van der Waals surface area contributed by atoms with E-state index in [1.54, 1.807) is 23.1 Å². The van der Waals surface area contributed by atoms with Crippen LogP contribution in [0.5, 0.6) is 5.75 Å². The molecule has 30 heavy (non-hydrogen) atoms. The molecule has 1 aliphatic heterocycles. The number of rotatable bonds is 8. The molecule has 1 heterocycles. The minimum absolute atomic E-state index is 0.0483. The maximum absolute atomic E-state index is 12.5. The van der Waals surface area contributed by atoms with Crippen LogP contribution in [-0.4, -0.2) is 39.9 Å². The van der Waals surface area contributed by atoms with Gasteiger partial charge in [-0.05, 0) is 43.2 Å². The Balaban J connectivity index is 1.55. The van der Waals surface area contributed by atoms with Gasteiger partial charge in [0.1, 0.15) is 5.75 Å². The summed E-state index contributed by atoms with van der Waals surface area (Å²) < 4.78 is 28.2. The standard InChI is InChI=1S/C21H25N3O5S/c1-2-29-19-6-4-3-5-18(19)24-14-16(13-20(24)25)21(26)23-12-11-15-7-9-17(10-8-15)30(22,27)28/h3-10,16H,2,11-14H2,1H3,(H,23,26)(H2,22,27,28)/t16-/m1/s1. The van der Waals surface area contributed by atoms with Gasteiger partial charge in [-0.25, -0.2) is 13.6 Å². The Bertz CT molecular complexity index is 1020. The molecule has 2 aromatic carbocycles. The lowest BCUT2D eigenvalue weighted by Crippen LogP contribution is -2.34. The molecule has 1 aliphatic rings. The van der Waals surface area contributed by atoms with E-state index in [4.69, 9.17) is 9.88 Å². The average Bonchev–Trinajstić information content (AvgIpc) is 3.10. The molecule has 0 bridgehead atoms. The van der Waals surface area contributed by atoms with E-state index in [2.05, 4.69) is 5.32 Å². The van der Waals surface area contributed by atoms with E-state index in [0.29, 0.717) is 37.6 Å². The second-order valence-electron chi connectivity index (χ2n) is 7.04. The van der Waals surface area contributed by atoms with Crippen LogP contribution in [0.25, 0.3) is 0 Å². The van der Waals surface area contributed by atoms with Crippen molar-refractivity contribution in [3.8, 4) is 5.75 Å². The topological polar surface area (TPSA) is 119 Å². The molecule has 0 aliphatic carbocycles. The molecule has 3 N–H and O–H groups in total. The zero-order chi connectivity index (χ0) is 21.7. The molecule has 1 saturated heterocycles. The summed E-state index contributed by atoms with van der Waals surface area (Å²) in [6, 6.07) is 13.5. The van der Waals surface area contributed by atoms with Crippen LogP contribution in [0.4, 0.5) is 5.69 Å². The Morgan fingerprint density at radius 1 is 1.20 bits per heavy atom. The number of nitrogens with zero attached hydrogens (tertiary/aromatic N) is 1. The fraction of sp³-hybridized carbons (Fsp3) is 0.333. The number of sulfonamides is 1. The Morgan fingerprint density at radius 2 is 1.90 bits per heavy atom. The molecule has 0 unspecified atom stereocenters. The number of para-hydroxylation sites is 2. The number of benzene rings is 2. The van der Waals surface area contributed by atoms with Gasteiger partial charge in [0.25, 0.3) is 0 Å². The highest BCUT2D eigenvalue weighted by Crippen LogP contribution is 2.33. The molecule has 160 valence electrons. The molecule has 0 spiro atoms. The molecule has 3 rings (SSSR count). The summed E-state index contributed by atoms with van der Waals surface area (Å²) in [6.45, 7) is 3.05.